The Labute approximate surface area is 132 Å². The molecule has 2 heterocycles. The van der Waals surface area contributed by atoms with E-state index in [1.165, 1.54) is 36.3 Å². The van der Waals surface area contributed by atoms with E-state index in [2.05, 4.69) is 47.8 Å². The van der Waals surface area contributed by atoms with Gasteiger partial charge < -0.3 is 5.32 Å². The number of rotatable bonds is 9. The zero-order valence-corrected chi connectivity index (χ0v) is 14.2. The van der Waals surface area contributed by atoms with Gasteiger partial charge in [0, 0.05) is 30.1 Å². The average molecular weight is 305 g/mol. The van der Waals surface area contributed by atoms with E-state index in [0.717, 1.165) is 18.7 Å². The van der Waals surface area contributed by atoms with Gasteiger partial charge in [-0.3, -0.25) is 4.68 Å². The van der Waals surface area contributed by atoms with Gasteiger partial charge in [-0.05, 0) is 56.7 Å². The number of thiophene rings is 1. The van der Waals surface area contributed by atoms with Crippen LogP contribution in [-0.2, 0) is 19.9 Å². The Hall–Kier alpha value is -1.13. The Morgan fingerprint density at radius 3 is 2.90 bits per heavy atom. The van der Waals surface area contributed by atoms with Crippen LogP contribution in [0.1, 0.15) is 42.5 Å². The molecule has 0 saturated carbocycles. The summed E-state index contributed by atoms with van der Waals surface area (Å²) >= 11 is 1.87. The molecule has 0 bridgehead atoms. The van der Waals surface area contributed by atoms with Crippen LogP contribution in [0, 0.1) is 6.92 Å². The Kier molecular flexibility index (Phi) is 6.46. The first kappa shape index (κ1) is 16.2. The maximum Gasteiger partial charge on any atom is 0.0596 e. The van der Waals surface area contributed by atoms with Crippen molar-refractivity contribution in [3.05, 3.63) is 39.8 Å². The maximum absolute atomic E-state index is 4.46. The van der Waals surface area contributed by atoms with E-state index < -0.39 is 0 Å². The van der Waals surface area contributed by atoms with Gasteiger partial charge >= 0.3 is 0 Å². The predicted molar refractivity (Wildman–Crippen MR) is 91.0 cm³/mol. The first-order valence-corrected chi connectivity index (χ1v) is 8.82. The standard InChI is InChI=1S/C17H27N3S/c1-4-10-18-15(7-5-8-17-9-6-11-21-17)13-16-12-14(2)19-20(16)3/h6,9,11-12,15,18H,4-5,7-8,10,13H2,1-3H3. The first-order valence-electron chi connectivity index (χ1n) is 7.94. The van der Waals surface area contributed by atoms with Crippen molar-refractivity contribution in [1.29, 1.82) is 0 Å². The van der Waals surface area contributed by atoms with E-state index in [9.17, 15) is 0 Å². The second-order valence-electron chi connectivity index (χ2n) is 5.73. The van der Waals surface area contributed by atoms with E-state index >= 15 is 0 Å². The highest BCUT2D eigenvalue weighted by Gasteiger charge is 2.12. The molecule has 1 atom stereocenters. The van der Waals surface area contributed by atoms with Crippen LogP contribution < -0.4 is 5.32 Å². The van der Waals surface area contributed by atoms with Crippen LogP contribution in [0.25, 0.3) is 0 Å². The summed E-state index contributed by atoms with van der Waals surface area (Å²) < 4.78 is 2.02. The summed E-state index contributed by atoms with van der Waals surface area (Å²) in [5, 5.41) is 10.3. The minimum atomic E-state index is 0.555. The topological polar surface area (TPSA) is 29.9 Å². The monoisotopic (exact) mass is 305 g/mol. The molecule has 116 valence electrons. The zero-order valence-electron chi connectivity index (χ0n) is 13.4. The molecule has 0 aliphatic heterocycles. The minimum absolute atomic E-state index is 0.555. The molecule has 0 fully saturated rings. The lowest BCUT2D eigenvalue weighted by molar-refractivity contribution is 0.454. The van der Waals surface area contributed by atoms with Crippen LogP contribution in [-0.4, -0.2) is 22.4 Å². The number of hydrogen-bond acceptors (Lipinski definition) is 3. The van der Waals surface area contributed by atoms with Gasteiger partial charge in [0.25, 0.3) is 0 Å². The van der Waals surface area contributed by atoms with Crippen molar-refractivity contribution in [2.24, 2.45) is 7.05 Å². The summed E-state index contributed by atoms with van der Waals surface area (Å²) in [5.41, 5.74) is 2.44. The summed E-state index contributed by atoms with van der Waals surface area (Å²) in [4.78, 5) is 1.50. The molecule has 3 nitrogen and oxygen atoms in total. The molecule has 0 spiro atoms. The molecule has 0 aromatic carbocycles. The summed E-state index contributed by atoms with van der Waals surface area (Å²) in [5.74, 6) is 0. The quantitative estimate of drug-likeness (QED) is 0.765. The number of aromatic nitrogens is 2. The van der Waals surface area contributed by atoms with Crippen LogP contribution in [0.5, 0.6) is 0 Å². The third-order valence-corrected chi connectivity index (χ3v) is 4.73. The lowest BCUT2D eigenvalue weighted by Crippen LogP contribution is -2.32. The van der Waals surface area contributed by atoms with Crippen molar-refractivity contribution < 1.29 is 0 Å². The highest BCUT2D eigenvalue weighted by molar-refractivity contribution is 7.09. The fraction of sp³-hybridized carbons (Fsp3) is 0.588. The highest BCUT2D eigenvalue weighted by Crippen LogP contribution is 2.15. The Morgan fingerprint density at radius 2 is 2.29 bits per heavy atom. The van der Waals surface area contributed by atoms with Gasteiger partial charge in [-0.1, -0.05) is 13.0 Å². The molecule has 0 aliphatic rings. The molecular weight excluding hydrogens is 278 g/mol. The molecule has 0 saturated heterocycles. The lowest BCUT2D eigenvalue weighted by Gasteiger charge is -2.18. The van der Waals surface area contributed by atoms with E-state index in [-0.39, 0.29) is 0 Å². The van der Waals surface area contributed by atoms with Gasteiger partial charge in [-0.25, -0.2) is 0 Å². The second kappa shape index (κ2) is 8.35. The maximum atomic E-state index is 4.46. The third-order valence-electron chi connectivity index (χ3n) is 3.79. The molecular formula is C17H27N3S. The van der Waals surface area contributed by atoms with Crippen molar-refractivity contribution >= 4 is 11.3 Å². The fourth-order valence-corrected chi connectivity index (χ4v) is 3.46. The largest absolute Gasteiger partial charge is 0.314 e. The molecule has 0 aliphatic carbocycles. The van der Waals surface area contributed by atoms with Gasteiger partial charge in [0.1, 0.15) is 0 Å². The van der Waals surface area contributed by atoms with Crippen molar-refractivity contribution in [3.8, 4) is 0 Å². The minimum Gasteiger partial charge on any atom is -0.314 e. The molecule has 4 heteroatoms. The molecule has 1 N–H and O–H groups in total. The van der Waals surface area contributed by atoms with Crippen LogP contribution in [0.3, 0.4) is 0 Å². The van der Waals surface area contributed by atoms with Crippen LogP contribution >= 0.6 is 11.3 Å². The Balaban J connectivity index is 1.86. The smallest absolute Gasteiger partial charge is 0.0596 e. The van der Waals surface area contributed by atoms with Crippen molar-refractivity contribution in [2.75, 3.05) is 6.54 Å². The molecule has 0 amide bonds. The van der Waals surface area contributed by atoms with E-state index in [1.54, 1.807) is 0 Å². The SMILES string of the molecule is CCCNC(CCCc1cccs1)Cc1cc(C)nn1C. The molecule has 21 heavy (non-hydrogen) atoms. The van der Waals surface area contributed by atoms with Gasteiger partial charge in [0.05, 0.1) is 5.69 Å². The van der Waals surface area contributed by atoms with Crippen molar-refractivity contribution in [3.63, 3.8) is 0 Å². The number of aryl methyl sites for hydroxylation is 3. The lowest BCUT2D eigenvalue weighted by atomic mass is 10.0. The van der Waals surface area contributed by atoms with Gasteiger partial charge in [0.15, 0.2) is 0 Å². The predicted octanol–water partition coefficient (Wildman–Crippen LogP) is 3.72. The molecule has 2 rings (SSSR count). The van der Waals surface area contributed by atoms with Gasteiger partial charge in [-0.15, -0.1) is 11.3 Å². The van der Waals surface area contributed by atoms with Gasteiger partial charge in [0.2, 0.25) is 0 Å². The van der Waals surface area contributed by atoms with E-state index in [1.807, 2.05) is 23.1 Å². The normalized spacial score (nSPS) is 12.7. The van der Waals surface area contributed by atoms with Crippen molar-refractivity contribution in [1.82, 2.24) is 15.1 Å². The average Bonchev–Trinajstić information content (AvgIpc) is 3.06. The number of hydrogen-bond donors (Lipinski definition) is 1. The van der Waals surface area contributed by atoms with Crippen LogP contribution in [0.15, 0.2) is 23.6 Å². The second-order valence-corrected chi connectivity index (χ2v) is 6.76. The number of nitrogens with one attached hydrogen (secondary N) is 1. The zero-order chi connectivity index (χ0) is 15.1. The summed E-state index contributed by atoms with van der Waals surface area (Å²) in [6.07, 6.45) is 5.93. The summed E-state index contributed by atoms with van der Waals surface area (Å²) in [6, 6.07) is 7.15. The van der Waals surface area contributed by atoms with Gasteiger partial charge in [-0.2, -0.15) is 5.10 Å². The highest BCUT2D eigenvalue weighted by atomic mass is 32.1. The van der Waals surface area contributed by atoms with E-state index in [0.29, 0.717) is 6.04 Å². The Bertz CT molecular complexity index is 516. The number of nitrogens with zero attached hydrogens (tertiary/aromatic N) is 2. The molecule has 1 unspecified atom stereocenters. The Morgan fingerprint density at radius 1 is 1.43 bits per heavy atom. The molecule has 2 aromatic heterocycles. The summed E-state index contributed by atoms with van der Waals surface area (Å²) in [7, 11) is 2.05. The van der Waals surface area contributed by atoms with Crippen LogP contribution in [0.4, 0.5) is 0 Å². The van der Waals surface area contributed by atoms with E-state index in [4.69, 9.17) is 0 Å². The molecule has 0 radical (unpaired) electrons. The summed E-state index contributed by atoms with van der Waals surface area (Å²) in [6.45, 7) is 5.39. The fourth-order valence-electron chi connectivity index (χ4n) is 2.71. The van der Waals surface area contributed by atoms with Crippen molar-refractivity contribution in [2.45, 2.75) is 52.0 Å². The third kappa shape index (κ3) is 5.29. The first-order chi connectivity index (χ1) is 10.2. The van der Waals surface area contributed by atoms with Crippen LogP contribution in [0.2, 0.25) is 0 Å². The molecule has 2 aromatic rings.